The highest BCUT2D eigenvalue weighted by Crippen LogP contribution is 2.32. The van der Waals surface area contributed by atoms with Gasteiger partial charge in [-0.25, -0.2) is 9.97 Å². The van der Waals surface area contributed by atoms with Crippen LogP contribution in [0, 0.1) is 13.8 Å². The van der Waals surface area contributed by atoms with Crippen molar-refractivity contribution in [3.05, 3.63) is 53.4 Å². The first kappa shape index (κ1) is 16.1. The molecule has 2 atom stereocenters. The Balaban J connectivity index is 1.51. The molecule has 6 nitrogen and oxygen atoms in total. The molecular formula is C19H23N5O. The fourth-order valence-electron chi connectivity index (χ4n) is 4.08. The van der Waals surface area contributed by atoms with Crippen LogP contribution in [0.2, 0.25) is 0 Å². The van der Waals surface area contributed by atoms with Crippen LogP contribution in [-0.2, 0) is 6.54 Å². The predicted molar refractivity (Wildman–Crippen MR) is 94.0 cm³/mol. The van der Waals surface area contributed by atoms with Crippen molar-refractivity contribution in [2.24, 2.45) is 0 Å². The van der Waals surface area contributed by atoms with Gasteiger partial charge < -0.3 is 4.90 Å². The van der Waals surface area contributed by atoms with Gasteiger partial charge in [-0.15, -0.1) is 0 Å². The Morgan fingerprint density at radius 2 is 1.96 bits per heavy atom. The van der Waals surface area contributed by atoms with Crippen LogP contribution >= 0.6 is 0 Å². The summed E-state index contributed by atoms with van der Waals surface area (Å²) >= 11 is 0. The first-order valence-corrected chi connectivity index (χ1v) is 8.85. The number of carbonyl (C=O) groups excluding carboxylic acids is 1. The minimum Gasteiger partial charge on any atom is -0.329 e. The third kappa shape index (κ3) is 3.02. The average Bonchev–Trinajstić information content (AvgIpc) is 2.88. The number of piperazine rings is 1. The molecule has 2 aromatic rings. The number of nitrogens with zero attached hydrogens (tertiary/aromatic N) is 5. The van der Waals surface area contributed by atoms with Crippen molar-refractivity contribution in [1.29, 1.82) is 0 Å². The van der Waals surface area contributed by atoms with Crippen molar-refractivity contribution in [2.75, 3.05) is 13.1 Å². The van der Waals surface area contributed by atoms with Crippen LogP contribution in [-0.4, -0.2) is 55.8 Å². The van der Waals surface area contributed by atoms with E-state index in [1.165, 1.54) is 11.9 Å². The summed E-state index contributed by atoms with van der Waals surface area (Å²) in [7, 11) is 0. The summed E-state index contributed by atoms with van der Waals surface area (Å²) in [4.78, 5) is 30.3. The summed E-state index contributed by atoms with van der Waals surface area (Å²) in [6.07, 6.45) is 7.37. The number of hydrogen-bond donors (Lipinski definition) is 0. The van der Waals surface area contributed by atoms with Gasteiger partial charge in [-0.1, -0.05) is 6.07 Å². The van der Waals surface area contributed by atoms with E-state index in [0.717, 1.165) is 43.7 Å². The molecule has 25 heavy (non-hydrogen) atoms. The van der Waals surface area contributed by atoms with Gasteiger partial charge in [-0.3, -0.25) is 14.7 Å². The molecule has 0 aliphatic carbocycles. The van der Waals surface area contributed by atoms with Gasteiger partial charge in [0.25, 0.3) is 5.91 Å². The maximum Gasteiger partial charge on any atom is 0.273 e. The van der Waals surface area contributed by atoms with Gasteiger partial charge in [-0.05, 0) is 38.3 Å². The highest BCUT2D eigenvalue weighted by Gasteiger charge is 2.43. The molecule has 4 heterocycles. The molecule has 0 aromatic carbocycles. The molecule has 6 heteroatoms. The second-order valence-electron chi connectivity index (χ2n) is 7.09. The summed E-state index contributed by atoms with van der Waals surface area (Å²) in [5, 5.41) is 0. The minimum absolute atomic E-state index is 0.0662. The first-order valence-electron chi connectivity index (χ1n) is 8.85. The van der Waals surface area contributed by atoms with Crippen molar-refractivity contribution in [3.8, 4) is 0 Å². The number of aryl methyl sites for hydroxylation is 1. The highest BCUT2D eigenvalue weighted by molar-refractivity contribution is 5.94. The van der Waals surface area contributed by atoms with Crippen molar-refractivity contribution < 1.29 is 4.79 Å². The van der Waals surface area contributed by atoms with E-state index in [-0.39, 0.29) is 18.0 Å². The standard InChI is InChI=1S/C19H23N5O/c1-13-14(2)21-12-22-18(13)19(25)24-16-5-6-17(24)11-23(10-16)9-15-4-3-7-20-8-15/h3-4,7-8,12,16-17H,5-6,9-11H2,1-2H3. The van der Waals surface area contributed by atoms with E-state index in [2.05, 4.69) is 30.8 Å². The number of fused-ring (bicyclic) bond motifs is 2. The zero-order valence-electron chi connectivity index (χ0n) is 14.7. The largest absolute Gasteiger partial charge is 0.329 e. The van der Waals surface area contributed by atoms with Crippen molar-refractivity contribution in [1.82, 2.24) is 24.8 Å². The summed E-state index contributed by atoms with van der Waals surface area (Å²) in [5.41, 5.74) is 3.56. The molecular weight excluding hydrogens is 314 g/mol. The lowest BCUT2D eigenvalue weighted by molar-refractivity contribution is 0.0398. The number of carbonyl (C=O) groups is 1. The number of hydrogen-bond acceptors (Lipinski definition) is 5. The topological polar surface area (TPSA) is 62.2 Å². The molecule has 2 bridgehead atoms. The average molecular weight is 337 g/mol. The Bertz CT molecular complexity index is 765. The predicted octanol–water partition coefficient (Wildman–Crippen LogP) is 1.98. The molecule has 1 amide bonds. The molecule has 2 aliphatic rings. The molecule has 2 saturated heterocycles. The lowest BCUT2D eigenvalue weighted by Gasteiger charge is -2.41. The second kappa shape index (κ2) is 6.52. The van der Waals surface area contributed by atoms with Gasteiger partial charge in [0.05, 0.1) is 0 Å². The lowest BCUT2D eigenvalue weighted by Crippen LogP contribution is -2.55. The monoisotopic (exact) mass is 337 g/mol. The maximum atomic E-state index is 13.1. The molecule has 2 unspecified atom stereocenters. The van der Waals surface area contributed by atoms with Gasteiger partial charge in [0.1, 0.15) is 12.0 Å². The summed E-state index contributed by atoms with van der Waals surface area (Å²) in [6, 6.07) is 4.64. The molecule has 0 radical (unpaired) electrons. The number of likely N-dealkylation sites (tertiary alicyclic amines) is 1. The van der Waals surface area contributed by atoms with Crippen molar-refractivity contribution in [2.45, 2.75) is 45.3 Å². The van der Waals surface area contributed by atoms with Crippen LogP contribution in [0.1, 0.15) is 40.2 Å². The van der Waals surface area contributed by atoms with Gasteiger partial charge in [0.15, 0.2) is 0 Å². The normalized spacial score (nSPS) is 23.0. The van der Waals surface area contributed by atoms with Crippen LogP contribution in [0.15, 0.2) is 30.9 Å². The number of pyridine rings is 1. The van der Waals surface area contributed by atoms with Crippen LogP contribution in [0.4, 0.5) is 0 Å². The maximum absolute atomic E-state index is 13.1. The van der Waals surface area contributed by atoms with E-state index >= 15 is 0 Å². The molecule has 2 fully saturated rings. The zero-order chi connectivity index (χ0) is 17.4. The molecule has 130 valence electrons. The third-order valence-corrected chi connectivity index (χ3v) is 5.46. The van der Waals surface area contributed by atoms with E-state index in [0.29, 0.717) is 5.69 Å². The van der Waals surface area contributed by atoms with Gasteiger partial charge in [0, 0.05) is 55.4 Å². The molecule has 4 rings (SSSR count). The quantitative estimate of drug-likeness (QED) is 0.857. The van der Waals surface area contributed by atoms with E-state index in [4.69, 9.17) is 0 Å². The molecule has 0 N–H and O–H groups in total. The van der Waals surface area contributed by atoms with E-state index in [1.807, 2.05) is 26.1 Å². The van der Waals surface area contributed by atoms with Crippen LogP contribution in [0.25, 0.3) is 0 Å². The van der Waals surface area contributed by atoms with E-state index < -0.39 is 0 Å². The molecule has 0 saturated carbocycles. The molecule has 0 spiro atoms. The number of rotatable bonds is 3. The molecule has 2 aliphatic heterocycles. The van der Waals surface area contributed by atoms with Crippen LogP contribution < -0.4 is 0 Å². The number of aromatic nitrogens is 3. The Kier molecular flexibility index (Phi) is 4.21. The van der Waals surface area contributed by atoms with Gasteiger partial charge in [0.2, 0.25) is 0 Å². The molecule has 2 aromatic heterocycles. The lowest BCUT2D eigenvalue weighted by atomic mass is 10.1. The second-order valence-corrected chi connectivity index (χ2v) is 7.09. The van der Waals surface area contributed by atoms with Gasteiger partial charge >= 0.3 is 0 Å². The van der Waals surface area contributed by atoms with Gasteiger partial charge in [-0.2, -0.15) is 0 Å². The first-order chi connectivity index (χ1) is 12.1. The Hall–Kier alpha value is -2.34. The fraction of sp³-hybridized carbons (Fsp3) is 0.474. The Morgan fingerprint density at radius 1 is 1.20 bits per heavy atom. The van der Waals surface area contributed by atoms with E-state index in [1.54, 1.807) is 6.20 Å². The summed E-state index contributed by atoms with van der Waals surface area (Å²) in [6.45, 7) is 6.59. The third-order valence-electron chi connectivity index (χ3n) is 5.46. The smallest absolute Gasteiger partial charge is 0.273 e. The minimum atomic E-state index is 0.0662. The van der Waals surface area contributed by atoms with Crippen LogP contribution in [0.5, 0.6) is 0 Å². The van der Waals surface area contributed by atoms with E-state index in [9.17, 15) is 4.79 Å². The zero-order valence-corrected chi connectivity index (χ0v) is 14.7. The highest BCUT2D eigenvalue weighted by atomic mass is 16.2. The van der Waals surface area contributed by atoms with Crippen molar-refractivity contribution in [3.63, 3.8) is 0 Å². The number of amides is 1. The SMILES string of the molecule is Cc1ncnc(C(=O)N2C3CCC2CN(Cc2cccnc2)C3)c1C. The Labute approximate surface area is 147 Å². The Morgan fingerprint density at radius 3 is 2.64 bits per heavy atom. The van der Waals surface area contributed by atoms with Crippen molar-refractivity contribution >= 4 is 5.91 Å². The fourth-order valence-corrected chi connectivity index (χ4v) is 4.08. The summed E-state index contributed by atoms with van der Waals surface area (Å²) < 4.78 is 0. The van der Waals surface area contributed by atoms with Crippen LogP contribution in [0.3, 0.4) is 0 Å². The summed E-state index contributed by atoms with van der Waals surface area (Å²) in [5.74, 6) is 0.0662.